The second kappa shape index (κ2) is 9.77. The van der Waals surface area contributed by atoms with Crippen molar-refractivity contribution in [1.29, 1.82) is 0 Å². The maximum absolute atomic E-state index is 12.3. The van der Waals surface area contributed by atoms with Gasteiger partial charge in [0, 0.05) is 6.42 Å². The van der Waals surface area contributed by atoms with Gasteiger partial charge < -0.3 is 9.47 Å². The van der Waals surface area contributed by atoms with Crippen LogP contribution in [0.5, 0.6) is 0 Å². The fourth-order valence-electron chi connectivity index (χ4n) is 2.32. The Morgan fingerprint density at radius 2 is 1.65 bits per heavy atom. The molecular formula is C18H24O5. The molecule has 0 heterocycles. The van der Waals surface area contributed by atoms with Gasteiger partial charge in [-0.2, -0.15) is 0 Å². The smallest absolute Gasteiger partial charge is 0.337 e. The van der Waals surface area contributed by atoms with E-state index in [2.05, 4.69) is 11.7 Å². The van der Waals surface area contributed by atoms with Gasteiger partial charge in [-0.05, 0) is 30.5 Å². The van der Waals surface area contributed by atoms with Crippen LogP contribution in [0.25, 0.3) is 0 Å². The summed E-state index contributed by atoms with van der Waals surface area (Å²) in [6, 6.07) is 6.69. The van der Waals surface area contributed by atoms with Crippen LogP contribution in [0.15, 0.2) is 24.3 Å². The van der Waals surface area contributed by atoms with Crippen LogP contribution in [-0.4, -0.2) is 31.9 Å². The summed E-state index contributed by atoms with van der Waals surface area (Å²) in [5.41, 5.74) is 1.23. The van der Waals surface area contributed by atoms with Gasteiger partial charge in [-0.1, -0.05) is 31.9 Å². The minimum absolute atomic E-state index is 0.0951. The van der Waals surface area contributed by atoms with Crippen molar-refractivity contribution in [2.75, 3.05) is 14.2 Å². The lowest BCUT2D eigenvalue weighted by molar-refractivity contribution is -0.149. The molecule has 0 amide bonds. The zero-order valence-electron chi connectivity index (χ0n) is 14.0. The Morgan fingerprint density at radius 1 is 1.00 bits per heavy atom. The van der Waals surface area contributed by atoms with Crippen LogP contribution in [0.1, 0.15) is 48.5 Å². The van der Waals surface area contributed by atoms with Crippen molar-refractivity contribution in [3.05, 3.63) is 35.4 Å². The molecule has 0 saturated carbocycles. The lowest BCUT2D eigenvalue weighted by Gasteiger charge is -2.14. The third-order valence-corrected chi connectivity index (χ3v) is 3.72. The van der Waals surface area contributed by atoms with E-state index in [9.17, 15) is 14.4 Å². The Morgan fingerprint density at radius 3 is 2.17 bits per heavy atom. The van der Waals surface area contributed by atoms with Gasteiger partial charge in [-0.15, -0.1) is 0 Å². The Hall–Kier alpha value is -2.17. The minimum atomic E-state index is -0.791. The van der Waals surface area contributed by atoms with E-state index in [-0.39, 0.29) is 12.2 Å². The van der Waals surface area contributed by atoms with Crippen LogP contribution in [0, 0.1) is 5.92 Å². The standard InChI is InChI=1S/C18H24O5/c1-4-5-6-7-16(19)15(18(21)23-3)12-13-8-10-14(11-9-13)17(20)22-2/h8-11,15H,4-7,12H2,1-3H3. The molecule has 0 saturated heterocycles. The maximum Gasteiger partial charge on any atom is 0.337 e. The van der Waals surface area contributed by atoms with Crippen LogP contribution < -0.4 is 0 Å². The Labute approximate surface area is 137 Å². The predicted octanol–water partition coefficient (Wildman–Crippen LogP) is 2.95. The molecule has 0 fully saturated rings. The number of methoxy groups -OCH3 is 2. The van der Waals surface area contributed by atoms with Crippen molar-refractivity contribution < 1.29 is 23.9 Å². The molecule has 0 aromatic heterocycles. The molecule has 0 spiro atoms. The molecule has 0 bridgehead atoms. The summed E-state index contributed by atoms with van der Waals surface area (Å²) in [4.78, 5) is 35.6. The van der Waals surface area contributed by atoms with Gasteiger partial charge in [0.05, 0.1) is 19.8 Å². The molecular weight excluding hydrogens is 296 g/mol. The zero-order chi connectivity index (χ0) is 17.2. The maximum atomic E-state index is 12.3. The molecule has 1 aromatic carbocycles. The van der Waals surface area contributed by atoms with Gasteiger partial charge in [0.2, 0.25) is 0 Å². The van der Waals surface area contributed by atoms with Crippen molar-refractivity contribution in [3.63, 3.8) is 0 Å². The number of hydrogen-bond donors (Lipinski definition) is 0. The zero-order valence-corrected chi connectivity index (χ0v) is 14.0. The van der Waals surface area contributed by atoms with E-state index in [0.29, 0.717) is 12.0 Å². The molecule has 5 nitrogen and oxygen atoms in total. The molecule has 0 radical (unpaired) electrons. The highest BCUT2D eigenvalue weighted by Gasteiger charge is 2.27. The normalized spacial score (nSPS) is 11.6. The molecule has 0 aliphatic carbocycles. The summed E-state index contributed by atoms with van der Waals surface area (Å²) in [6.07, 6.45) is 3.43. The second-order valence-electron chi connectivity index (χ2n) is 5.39. The third kappa shape index (κ3) is 5.85. The number of carbonyl (C=O) groups excluding carboxylic acids is 3. The van der Waals surface area contributed by atoms with Gasteiger partial charge in [-0.25, -0.2) is 4.79 Å². The number of benzene rings is 1. The first kappa shape index (κ1) is 18.9. The second-order valence-corrected chi connectivity index (χ2v) is 5.39. The van der Waals surface area contributed by atoms with Gasteiger partial charge in [0.25, 0.3) is 0 Å². The van der Waals surface area contributed by atoms with E-state index in [1.807, 2.05) is 0 Å². The first-order chi connectivity index (χ1) is 11.0. The number of ether oxygens (including phenoxy) is 2. The van der Waals surface area contributed by atoms with E-state index in [0.717, 1.165) is 24.8 Å². The SMILES string of the molecule is CCCCCC(=O)C(Cc1ccc(C(=O)OC)cc1)C(=O)OC. The Balaban J connectivity index is 2.78. The molecule has 1 unspecified atom stereocenters. The van der Waals surface area contributed by atoms with E-state index < -0.39 is 17.9 Å². The number of esters is 2. The number of carbonyl (C=O) groups is 3. The van der Waals surface area contributed by atoms with E-state index in [4.69, 9.17) is 4.74 Å². The number of rotatable bonds is 9. The lowest BCUT2D eigenvalue weighted by atomic mass is 9.92. The molecule has 0 N–H and O–H groups in total. The molecule has 0 aliphatic heterocycles. The van der Waals surface area contributed by atoms with Crippen LogP contribution in [-0.2, 0) is 25.5 Å². The van der Waals surface area contributed by atoms with Gasteiger partial charge in [0.15, 0.2) is 0 Å². The van der Waals surface area contributed by atoms with Gasteiger partial charge in [0.1, 0.15) is 11.7 Å². The summed E-state index contributed by atoms with van der Waals surface area (Å²) in [7, 11) is 2.60. The Bertz CT molecular complexity index is 533. The fourth-order valence-corrected chi connectivity index (χ4v) is 2.32. The topological polar surface area (TPSA) is 69.7 Å². The molecule has 1 aromatic rings. The highest BCUT2D eigenvalue weighted by atomic mass is 16.5. The molecule has 23 heavy (non-hydrogen) atoms. The van der Waals surface area contributed by atoms with Crippen LogP contribution in [0.4, 0.5) is 0 Å². The first-order valence-corrected chi connectivity index (χ1v) is 7.81. The van der Waals surface area contributed by atoms with Crippen LogP contribution >= 0.6 is 0 Å². The molecule has 1 atom stereocenters. The fraction of sp³-hybridized carbons (Fsp3) is 0.500. The average molecular weight is 320 g/mol. The predicted molar refractivity (Wildman–Crippen MR) is 86.1 cm³/mol. The molecule has 1 rings (SSSR count). The Kier molecular flexibility index (Phi) is 8.02. The molecule has 0 aliphatic rings. The molecule has 5 heteroatoms. The monoisotopic (exact) mass is 320 g/mol. The summed E-state index contributed by atoms with van der Waals surface area (Å²) in [5.74, 6) is -1.82. The minimum Gasteiger partial charge on any atom is -0.468 e. The van der Waals surface area contributed by atoms with Crippen molar-refractivity contribution in [1.82, 2.24) is 0 Å². The first-order valence-electron chi connectivity index (χ1n) is 7.81. The van der Waals surface area contributed by atoms with Crippen LogP contribution in [0.3, 0.4) is 0 Å². The number of unbranched alkanes of at least 4 members (excludes halogenated alkanes) is 2. The van der Waals surface area contributed by atoms with Gasteiger partial charge >= 0.3 is 11.9 Å². The highest BCUT2D eigenvalue weighted by molar-refractivity contribution is 5.99. The van der Waals surface area contributed by atoms with E-state index in [1.54, 1.807) is 24.3 Å². The third-order valence-electron chi connectivity index (χ3n) is 3.72. The highest BCUT2D eigenvalue weighted by Crippen LogP contribution is 2.16. The van der Waals surface area contributed by atoms with Crippen molar-refractivity contribution in [3.8, 4) is 0 Å². The average Bonchev–Trinajstić information content (AvgIpc) is 2.58. The van der Waals surface area contributed by atoms with Crippen molar-refractivity contribution in [2.45, 2.75) is 39.0 Å². The van der Waals surface area contributed by atoms with Gasteiger partial charge in [-0.3, -0.25) is 9.59 Å². The number of hydrogen-bond acceptors (Lipinski definition) is 5. The number of ketones is 1. The summed E-state index contributed by atoms with van der Waals surface area (Å²) >= 11 is 0. The van der Waals surface area contributed by atoms with E-state index in [1.165, 1.54) is 14.2 Å². The molecule has 126 valence electrons. The number of Topliss-reactive ketones (excluding diaryl/α,β-unsaturated/α-hetero) is 1. The lowest BCUT2D eigenvalue weighted by Crippen LogP contribution is -2.27. The van der Waals surface area contributed by atoms with E-state index >= 15 is 0 Å². The summed E-state index contributed by atoms with van der Waals surface area (Å²) < 4.78 is 9.40. The van der Waals surface area contributed by atoms with Crippen LogP contribution in [0.2, 0.25) is 0 Å². The summed E-state index contributed by atoms with van der Waals surface area (Å²) in [6.45, 7) is 2.06. The van der Waals surface area contributed by atoms with Crippen molar-refractivity contribution in [2.24, 2.45) is 5.92 Å². The quantitative estimate of drug-likeness (QED) is 0.397. The summed E-state index contributed by atoms with van der Waals surface area (Å²) in [5, 5.41) is 0. The largest absolute Gasteiger partial charge is 0.468 e. The van der Waals surface area contributed by atoms with Crippen molar-refractivity contribution >= 4 is 17.7 Å².